The van der Waals surface area contributed by atoms with E-state index in [1.807, 2.05) is 95.9 Å². The van der Waals surface area contributed by atoms with Gasteiger partial charge in [0.05, 0.1) is 12.9 Å². The van der Waals surface area contributed by atoms with Crippen LogP contribution >= 0.6 is 0 Å². The average Bonchev–Trinajstić information content (AvgIpc) is 3.56. The van der Waals surface area contributed by atoms with Gasteiger partial charge in [-0.2, -0.15) is 0 Å². The van der Waals surface area contributed by atoms with Gasteiger partial charge in [-0.1, -0.05) is 91.0 Å². The summed E-state index contributed by atoms with van der Waals surface area (Å²) < 4.78 is 16.8. The highest BCUT2D eigenvalue weighted by Gasteiger charge is 2.17. The van der Waals surface area contributed by atoms with E-state index in [1.165, 1.54) is 11.6 Å². The highest BCUT2D eigenvalue weighted by Crippen LogP contribution is 2.35. The monoisotopic (exact) mass is 643 g/mol. The van der Waals surface area contributed by atoms with Gasteiger partial charge in [0, 0.05) is 33.7 Å². The fourth-order valence-electron chi connectivity index (χ4n) is 5.71. The summed E-state index contributed by atoms with van der Waals surface area (Å²) >= 11 is 0. The zero-order chi connectivity index (χ0) is 33.5. The Morgan fingerprint density at radius 1 is 0.771 bits per heavy atom. The zero-order valence-corrected chi connectivity index (χ0v) is 27.0. The normalized spacial score (nSPS) is 11.2. The summed E-state index contributed by atoms with van der Waals surface area (Å²) in [6.07, 6.45) is 2.45. The van der Waals surface area contributed by atoms with Crippen molar-refractivity contribution in [3.8, 4) is 22.6 Å². The Hall–Kier alpha value is -5.74. The summed E-state index contributed by atoms with van der Waals surface area (Å²) in [5, 5.41) is 0. The van der Waals surface area contributed by atoms with Gasteiger partial charge in [-0.3, -0.25) is 18.8 Å². The predicted molar refractivity (Wildman–Crippen MR) is 185 cm³/mol. The SMILES string of the molecule is Cn1c(=O)c2c(ncn2CCN(CC=O)Cc2ccccc2-c2ccc(OCc3ccccc3)c(OCc3ccccc3)c2)n(C)c1=O. The lowest BCUT2D eigenvalue weighted by molar-refractivity contribution is -0.109. The van der Waals surface area contributed by atoms with E-state index in [0.29, 0.717) is 55.5 Å². The number of ether oxygens (including phenoxy) is 2. The molecule has 0 saturated carbocycles. The molecule has 48 heavy (non-hydrogen) atoms. The number of carbonyl (C=O) groups excluding carboxylic acids is 1. The topological polar surface area (TPSA) is 101 Å². The largest absolute Gasteiger partial charge is 0.485 e. The molecule has 0 N–H and O–H groups in total. The van der Waals surface area contributed by atoms with Crippen molar-refractivity contribution < 1.29 is 14.3 Å². The van der Waals surface area contributed by atoms with Crippen LogP contribution in [0.3, 0.4) is 0 Å². The summed E-state index contributed by atoms with van der Waals surface area (Å²) in [6.45, 7) is 2.38. The van der Waals surface area contributed by atoms with Crippen molar-refractivity contribution in [3.05, 3.63) is 147 Å². The van der Waals surface area contributed by atoms with Gasteiger partial charge >= 0.3 is 5.69 Å². The molecule has 0 unspecified atom stereocenters. The van der Waals surface area contributed by atoms with E-state index in [1.54, 1.807) is 17.9 Å². The molecular weight excluding hydrogens is 606 g/mol. The number of benzene rings is 4. The minimum Gasteiger partial charge on any atom is -0.485 e. The van der Waals surface area contributed by atoms with Crippen LogP contribution in [0.15, 0.2) is 119 Å². The van der Waals surface area contributed by atoms with Crippen molar-refractivity contribution in [1.29, 1.82) is 0 Å². The Labute approximate surface area is 278 Å². The first-order chi connectivity index (χ1) is 23.4. The molecule has 6 rings (SSSR count). The number of hydrogen-bond acceptors (Lipinski definition) is 7. The van der Waals surface area contributed by atoms with Crippen LogP contribution in [0, 0.1) is 0 Å². The van der Waals surface area contributed by atoms with E-state index in [-0.39, 0.29) is 6.54 Å². The second-order valence-electron chi connectivity index (χ2n) is 11.6. The standard InChI is InChI=1S/C38H37N5O5/c1-40-36-35(37(45)41(2)38(40)46)43(27-39-36)20-19-42(21-22-44)24-31-15-9-10-16-32(31)30-17-18-33(47-25-28-11-5-3-6-12-28)34(23-30)48-26-29-13-7-4-8-14-29/h3-18,22-23,27H,19-21,24-26H2,1-2H3. The first-order valence-corrected chi connectivity index (χ1v) is 15.8. The molecule has 0 bridgehead atoms. The fraction of sp³-hybridized carbons (Fsp3) is 0.211. The van der Waals surface area contributed by atoms with Crippen LogP contribution in [0.4, 0.5) is 0 Å². The summed E-state index contributed by atoms with van der Waals surface area (Å²) in [6, 6.07) is 34.1. The molecule has 6 aromatic rings. The van der Waals surface area contributed by atoms with Crippen LogP contribution in [0.2, 0.25) is 0 Å². The number of nitrogens with zero attached hydrogens (tertiary/aromatic N) is 5. The van der Waals surface area contributed by atoms with Crippen LogP contribution in [-0.4, -0.2) is 43.0 Å². The van der Waals surface area contributed by atoms with E-state index < -0.39 is 11.2 Å². The minimum atomic E-state index is -0.429. The number of imidazole rings is 1. The number of aldehydes is 1. The molecule has 0 radical (unpaired) electrons. The van der Waals surface area contributed by atoms with Crippen LogP contribution < -0.4 is 20.7 Å². The quantitative estimate of drug-likeness (QED) is 0.155. The molecule has 10 heteroatoms. The van der Waals surface area contributed by atoms with Gasteiger partial charge in [0.25, 0.3) is 5.56 Å². The average molecular weight is 644 g/mol. The summed E-state index contributed by atoms with van der Waals surface area (Å²) in [4.78, 5) is 43.4. The lowest BCUT2D eigenvalue weighted by atomic mass is 9.98. The van der Waals surface area contributed by atoms with Gasteiger partial charge in [0.2, 0.25) is 0 Å². The van der Waals surface area contributed by atoms with Crippen LogP contribution in [0.1, 0.15) is 16.7 Å². The Morgan fingerprint density at radius 2 is 1.42 bits per heavy atom. The molecule has 2 heterocycles. The Morgan fingerprint density at radius 3 is 2.10 bits per heavy atom. The van der Waals surface area contributed by atoms with Gasteiger partial charge in [-0.15, -0.1) is 0 Å². The number of aryl methyl sites for hydroxylation is 1. The Balaban J connectivity index is 1.25. The van der Waals surface area contributed by atoms with E-state index in [2.05, 4.69) is 17.1 Å². The van der Waals surface area contributed by atoms with Crippen LogP contribution in [0.25, 0.3) is 22.3 Å². The lowest BCUT2D eigenvalue weighted by Crippen LogP contribution is -2.38. The maximum Gasteiger partial charge on any atom is 0.332 e. The maximum atomic E-state index is 12.9. The second-order valence-corrected chi connectivity index (χ2v) is 11.6. The zero-order valence-electron chi connectivity index (χ0n) is 27.0. The first kappa shape index (κ1) is 32.2. The highest BCUT2D eigenvalue weighted by atomic mass is 16.5. The number of hydrogen-bond donors (Lipinski definition) is 0. The van der Waals surface area contributed by atoms with Crippen LogP contribution in [-0.2, 0) is 45.2 Å². The van der Waals surface area contributed by atoms with Gasteiger partial charge in [0.1, 0.15) is 19.5 Å². The van der Waals surface area contributed by atoms with E-state index in [4.69, 9.17) is 9.47 Å². The molecule has 0 aliphatic rings. The van der Waals surface area contributed by atoms with Gasteiger partial charge in [-0.05, 0) is 39.9 Å². The number of carbonyl (C=O) groups is 1. The van der Waals surface area contributed by atoms with Crippen molar-refractivity contribution in [3.63, 3.8) is 0 Å². The second kappa shape index (κ2) is 14.8. The van der Waals surface area contributed by atoms with Gasteiger partial charge in [0.15, 0.2) is 22.7 Å². The third-order valence-electron chi connectivity index (χ3n) is 8.35. The molecule has 2 aromatic heterocycles. The lowest BCUT2D eigenvalue weighted by Gasteiger charge is -2.22. The highest BCUT2D eigenvalue weighted by molar-refractivity contribution is 5.71. The van der Waals surface area contributed by atoms with Crippen molar-refractivity contribution in [2.75, 3.05) is 13.1 Å². The molecule has 0 spiro atoms. The van der Waals surface area contributed by atoms with Crippen molar-refractivity contribution in [2.24, 2.45) is 14.1 Å². The van der Waals surface area contributed by atoms with Crippen molar-refractivity contribution >= 4 is 17.5 Å². The van der Waals surface area contributed by atoms with Crippen molar-refractivity contribution in [1.82, 2.24) is 23.6 Å². The Kier molecular flexibility index (Phi) is 9.92. The third-order valence-corrected chi connectivity index (χ3v) is 8.35. The third kappa shape index (κ3) is 7.13. The molecule has 0 aliphatic carbocycles. The molecule has 0 amide bonds. The fourth-order valence-corrected chi connectivity index (χ4v) is 5.71. The predicted octanol–water partition coefficient (Wildman–Crippen LogP) is 4.96. The molecule has 0 atom stereocenters. The molecule has 10 nitrogen and oxygen atoms in total. The van der Waals surface area contributed by atoms with Crippen molar-refractivity contribution in [2.45, 2.75) is 26.3 Å². The van der Waals surface area contributed by atoms with Crippen LogP contribution in [0.5, 0.6) is 11.5 Å². The molecular formula is C38H37N5O5. The molecule has 0 saturated heterocycles. The summed E-state index contributed by atoms with van der Waals surface area (Å²) in [5.74, 6) is 1.28. The molecule has 0 fully saturated rings. The van der Waals surface area contributed by atoms with E-state index in [0.717, 1.165) is 38.7 Å². The number of rotatable bonds is 14. The smallest absolute Gasteiger partial charge is 0.332 e. The molecule has 4 aromatic carbocycles. The minimum absolute atomic E-state index is 0.204. The molecule has 0 aliphatic heterocycles. The first-order valence-electron chi connectivity index (χ1n) is 15.8. The summed E-state index contributed by atoms with van der Waals surface area (Å²) in [5.41, 5.74) is 4.94. The van der Waals surface area contributed by atoms with Gasteiger partial charge < -0.3 is 18.8 Å². The van der Waals surface area contributed by atoms with Gasteiger partial charge in [-0.25, -0.2) is 9.78 Å². The molecule has 244 valence electrons. The van der Waals surface area contributed by atoms with E-state index >= 15 is 0 Å². The van der Waals surface area contributed by atoms with E-state index in [9.17, 15) is 14.4 Å². The Bertz CT molecular complexity index is 2140. The maximum absolute atomic E-state index is 12.9. The number of aromatic nitrogens is 4. The summed E-state index contributed by atoms with van der Waals surface area (Å²) in [7, 11) is 3.05. The number of fused-ring (bicyclic) bond motifs is 1.